The van der Waals surface area contributed by atoms with Gasteiger partial charge in [-0.15, -0.1) is 0 Å². The van der Waals surface area contributed by atoms with Gasteiger partial charge in [-0.2, -0.15) is 0 Å². The number of carbonyl (C=O) groups excluding carboxylic acids is 2. The third-order valence-electron chi connectivity index (χ3n) is 4.39. The van der Waals surface area contributed by atoms with Gasteiger partial charge in [0.2, 0.25) is 11.8 Å². The molecule has 3 rings (SSSR count). The summed E-state index contributed by atoms with van der Waals surface area (Å²) in [5, 5.41) is 2.86. The predicted molar refractivity (Wildman–Crippen MR) is 91.6 cm³/mol. The molecule has 23 heavy (non-hydrogen) atoms. The van der Waals surface area contributed by atoms with Crippen molar-refractivity contribution in [1.29, 1.82) is 0 Å². The van der Waals surface area contributed by atoms with E-state index in [0.29, 0.717) is 12.8 Å². The van der Waals surface area contributed by atoms with Crippen molar-refractivity contribution in [2.24, 2.45) is 5.41 Å². The van der Waals surface area contributed by atoms with Gasteiger partial charge in [0, 0.05) is 44.0 Å². The summed E-state index contributed by atoms with van der Waals surface area (Å²) in [6, 6.07) is 6.13. The van der Waals surface area contributed by atoms with Crippen LogP contribution in [0.2, 0.25) is 0 Å². The van der Waals surface area contributed by atoms with E-state index in [-0.39, 0.29) is 17.2 Å². The zero-order valence-corrected chi connectivity index (χ0v) is 14.2. The second-order valence-corrected chi connectivity index (χ2v) is 7.67. The summed E-state index contributed by atoms with van der Waals surface area (Å²) in [7, 11) is 0. The topological polar surface area (TPSA) is 52.7 Å². The Hall–Kier alpha value is -2.04. The molecule has 0 atom stereocenters. The highest BCUT2D eigenvalue weighted by Crippen LogP contribution is 2.28. The van der Waals surface area contributed by atoms with Gasteiger partial charge in [0.25, 0.3) is 0 Å². The van der Waals surface area contributed by atoms with Crippen LogP contribution in [0.1, 0.15) is 32.8 Å². The standard InChI is InChI=1S/C18H25N3O2/c1-18(2,3)12-17(23)21-8-6-20(7-9-21)14-4-5-15-13(10-14)11-16(22)19-15/h4-5,10H,6-9,11-12H2,1-3H3,(H,19,22). The molecule has 0 radical (unpaired) electrons. The molecule has 0 spiro atoms. The number of rotatable bonds is 2. The zero-order valence-electron chi connectivity index (χ0n) is 14.2. The third kappa shape index (κ3) is 3.66. The lowest BCUT2D eigenvalue weighted by molar-refractivity contribution is -0.133. The molecule has 0 bridgehead atoms. The molecule has 0 saturated carbocycles. The summed E-state index contributed by atoms with van der Waals surface area (Å²) in [6.45, 7) is 9.52. The van der Waals surface area contributed by atoms with E-state index in [4.69, 9.17) is 0 Å². The van der Waals surface area contributed by atoms with Crippen molar-refractivity contribution in [3.05, 3.63) is 23.8 Å². The number of hydrogen-bond donors (Lipinski definition) is 1. The molecule has 1 fully saturated rings. The number of nitrogens with one attached hydrogen (secondary N) is 1. The number of fused-ring (bicyclic) bond motifs is 1. The fourth-order valence-corrected chi connectivity index (χ4v) is 3.19. The monoisotopic (exact) mass is 315 g/mol. The summed E-state index contributed by atoms with van der Waals surface area (Å²) in [6.07, 6.45) is 1.06. The van der Waals surface area contributed by atoms with Gasteiger partial charge in [0.05, 0.1) is 6.42 Å². The summed E-state index contributed by atoms with van der Waals surface area (Å²) in [4.78, 5) is 28.0. The van der Waals surface area contributed by atoms with Crippen LogP contribution in [-0.4, -0.2) is 42.9 Å². The number of piperazine rings is 1. The molecule has 0 aliphatic carbocycles. The number of hydrogen-bond acceptors (Lipinski definition) is 3. The summed E-state index contributed by atoms with van der Waals surface area (Å²) < 4.78 is 0. The van der Waals surface area contributed by atoms with Crippen molar-refractivity contribution in [3.8, 4) is 0 Å². The van der Waals surface area contributed by atoms with Crippen LogP contribution in [0.15, 0.2) is 18.2 Å². The zero-order chi connectivity index (χ0) is 16.6. The first kappa shape index (κ1) is 15.8. The maximum Gasteiger partial charge on any atom is 0.228 e. The second-order valence-electron chi connectivity index (χ2n) is 7.67. The lowest BCUT2D eigenvalue weighted by Gasteiger charge is -2.37. The van der Waals surface area contributed by atoms with E-state index in [9.17, 15) is 9.59 Å². The number of carbonyl (C=O) groups is 2. The lowest BCUT2D eigenvalue weighted by Crippen LogP contribution is -2.49. The molecular weight excluding hydrogens is 290 g/mol. The maximum absolute atomic E-state index is 12.3. The Morgan fingerprint density at radius 3 is 2.52 bits per heavy atom. The largest absolute Gasteiger partial charge is 0.368 e. The van der Waals surface area contributed by atoms with Gasteiger partial charge in [-0.05, 0) is 29.2 Å². The average molecular weight is 315 g/mol. The number of nitrogens with zero attached hydrogens (tertiary/aromatic N) is 2. The lowest BCUT2D eigenvalue weighted by atomic mass is 9.91. The first-order valence-electron chi connectivity index (χ1n) is 8.27. The van der Waals surface area contributed by atoms with Crippen LogP contribution in [-0.2, 0) is 16.0 Å². The van der Waals surface area contributed by atoms with E-state index in [1.54, 1.807) is 0 Å². The van der Waals surface area contributed by atoms with Crippen LogP contribution in [0.4, 0.5) is 11.4 Å². The van der Waals surface area contributed by atoms with Gasteiger partial charge in [-0.25, -0.2) is 0 Å². The van der Waals surface area contributed by atoms with Crippen molar-refractivity contribution in [2.75, 3.05) is 36.4 Å². The number of amides is 2. The average Bonchev–Trinajstić information content (AvgIpc) is 2.84. The van der Waals surface area contributed by atoms with E-state index in [1.807, 2.05) is 11.0 Å². The molecule has 2 aliphatic rings. The van der Waals surface area contributed by atoms with Gasteiger partial charge in [0.1, 0.15) is 0 Å². The second kappa shape index (κ2) is 5.87. The molecular formula is C18H25N3O2. The SMILES string of the molecule is CC(C)(C)CC(=O)N1CCN(c2ccc3c(c2)CC(=O)N3)CC1. The number of benzene rings is 1. The fraction of sp³-hybridized carbons (Fsp3) is 0.556. The van der Waals surface area contributed by atoms with E-state index < -0.39 is 0 Å². The molecule has 124 valence electrons. The first-order chi connectivity index (χ1) is 10.8. The van der Waals surface area contributed by atoms with E-state index in [1.165, 1.54) is 0 Å². The van der Waals surface area contributed by atoms with Crippen LogP contribution in [0.5, 0.6) is 0 Å². The summed E-state index contributed by atoms with van der Waals surface area (Å²) in [5.74, 6) is 0.315. The molecule has 2 heterocycles. The molecule has 1 aromatic carbocycles. The Bertz CT molecular complexity index is 626. The molecule has 1 N–H and O–H groups in total. The highest BCUT2D eigenvalue weighted by Gasteiger charge is 2.26. The van der Waals surface area contributed by atoms with Crippen molar-refractivity contribution in [2.45, 2.75) is 33.6 Å². The molecule has 0 aromatic heterocycles. The van der Waals surface area contributed by atoms with E-state index in [0.717, 1.165) is 43.1 Å². The van der Waals surface area contributed by atoms with Gasteiger partial charge < -0.3 is 15.1 Å². The van der Waals surface area contributed by atoms with Crippen molar-refractivity contribution in [1.82, 2.24) is 4.90 Å². The highest BCUT2D eigenvalue weighted by molar-refractivity contribution is 5.99. The van der Waals surface area contributed by atoms with Gasteiger partial charge in [0.15, 0.2) is 0 Å². The minimum Gasteiger partial charge on any atom is -0.368 e. The minimum atomic E-state index is 0.0355. The van der Waals surface area contributed by atoms with Crippen LogP contribution < -0.4 is 10.2 Å². The molecule has 1 aromatic rings. The van der Waals surface area contributed by atoms with Crippen molar-refractivity contribution >= 4 is 23.2 Å². The molecule has 1 saturated heterocycles. The Labute approximate surface area is 137 Å². The van der Waals surface area contributed by atoms with Gasteiger partial charge in [-0.3, -0.25) is 9.59 Å². The Balaban J connectivity index is 1.60. The Morgan fingerprint density at radius 2 is 1.87 bits per heavy atom. The summed E-state index contributed by atoms with van der Waals surface area (Å²) >= 11 is 0. The van der Waals surface area contributed by atoms with E-state index in [2.05, 4.69) is 43.1 Å². The third-order valence-corrected chi connectivity index (χ3v) is 4.39. The van der Waals surface area contributed by atoms with Crippen molar-refractivity contribution in [3.63, 3.8) is 0 Å². The Morgan fingerprint density at radius 1 is 1.17 bits per heavy atom. The molecule has 5 nitrogen and oxygen atoms in total. The minimum absolute atomic E-state index is 0.0355. The molecule has 2 aliphatic heterocycles. The molecule has 2 amide bonds. The van der Waals surface area contributed by atoms with Gasteiger partial charge >= 0.3 is 0 Å². The molecule has 0 unspecified atom stereocenters. The van der Waals surface area contributed by atoms with E-state index >= 15 is 0 Å². The van der Waals surface area contributed by atoms with Crippen LogP contribution in [0, 0.1) is 5.41 Å². The summed E-state index contributed by atoms with van der Waals surface area (Å²) in [5.41, 5.74) is 3.17. The molecule has 5 heteroatoms. The fourth-order valence-electron chi connectivity index (χ4n) is 3.19. The first-order valence-corrected chi connectivity index (χ1v) is 8.27. The van der Waals surface area contributed by atoms with Crippen LogP contribution >= 0.6 is 0 Å². The van der Waals surface area contributed by atoms with Gasteiger partial charge in [-0.1, -0.05) is 20.8 Å². The Kier molecular flexibility index (Phi) is 4.04. The normalized spacial score (nSPS) is 18.0. The van der Waals surface area contributed by atoms with Crippen molar-refractivity contribution < 1.29 is 9.59 Å². The van der Waals surface area contributed by atoms with Crippen LogP contribution in [0.25, 0.3) is 0 Å². The highest BCUT2D eigenvalue weighted by atomic mass is 16.2. The number of anilines is 2. The van der Waals surface area contributed by atoms with Crippen LogP contribution in [0.3, 0.4) is 0 Å². The maximum atomic E-state index is 12.3. The quantitative estimate of drug-likeness (QED) is 0.911. The predicted octanol–water partition coefficient (Wildman–Crippen LogP) is 2.27. The smallest absolute Gasteiger partial charge is 0.228 e.